The number of carbonyl (C=O) groups excluding carboxylic acids is 1. The van der Waals surface area contributed by atoms with Crippen LogP contribution in [0, 0.1) is 13.8 Å². The number of ether oxygens (including phenoxy) is 1. The van der Waals surface area contributed by atoms with Gasteiger partial charge < -0.3 is 4.74 Å². The molecule has 114 valence electrons. The quantitative estimate of drug-likeness (QED) is 0.815. The van der Waals surface area contributed by atoms with Crippen LogP contribution >= 0.6 is 11.3 Å². The Labute approximate surface area is 127 Å². The molecule has 0 saturated carbocycles. The van der Waals surface area contributed by atoms with Gasteiger partial charge in [-0.05, 0) is 39.7 Å². The van der Waals surface area contributed by atoms with Gasteiger partial charge in [0.05, 0.1) is 17.8 Å². The van der Waals surface area contributed by atoms with Crippen molar-refractivity contribution in [1.82, 2.24) is 9.55 Å². The van der Waals surface area contributed by atoms with Crippen molar-refractivity contribution in [1.29, 1.82) is 0 Å². The van der Waals surface area contributed by atoms with Crippen molar-refractivity contribution in [2.24, 2.45) is 0 Å². The molecule has 2 heterocycles. The number of fused-ring (bicyclic) bond motifs is 1. The zero-order chi connectivity index (χ0) is 15.7. The molecule has 21 heavy (non-hydrogen) atoms. The van der Waals surface area contributed by atoms with Crippen LogP contribution in [0.15, 0.2) is 11.1 Å². The molecular formula is C15H20N2O3S. The van der Waals surface area contributed by atoms with Gasteiger partial charge >= 0.3 is 5.97 Å². The van der Waals surface area contributed by atoms with E-state index in [0.717, 1.165) is 16.9 Å². The zero-order valence-corrected chi connectivity index (χ0v) is 13.8. The molecule has 0 amide bonds. The van der Waals surface area contributed by atoms with Crippen LogP contribution < -0.4 is 5.56 Å². The molecule has 5 nitrogen and oxygen atoms in total. The van der Waals surface area contributed by atoms with Crippen LogP contribution in [0.3, 0.4) is 0 Å². The van der Waals surface area contributed by atoms with E-state index in [-0.39, 0.29) is 11.7 Å². The van der Waals surface area contributed by atoms with Gasteiger partial charge in [0.2, 0.25) is 0 Å². The minimum absolute atomic E-state index is 0.155. The highest BCUT2D eigenvalue weighted by molar-refractivity contribution is 7.18. The summed E-state index contributed by atoms with van der Waals surface area (Å²) < 4.78 is 6.65. The highest BCUT2D eigenvalue weighted by atomic mass is 32.1. The summed E-state index contributed by atoms with van der Waals surface area (Å²) in [6.45, 7) is 9.31. The molecule has 0 aliphatic heterocycles. The Hall–Kier alpha value is -1.69. The molecule has 2 rings (SSSR count). The standard InChI is InChI=1S/C15H20N2O3S/c1-6-8(2)20-15(19)10(4)17-7-16-13-12(14(17)18)9(3)11(5)21-13/h7-8,10H,6H2,1-5H3/t8-,10-/m1/s1. The van der Waals surface area contributed by atoms with Gasteiger partial charge in [-0.25, -0.2) is 9.78 Å². The third-order valence-corrected chi connectivity index (χ3v) is 4.88. The van der Waals surface area contributed by atoms with Gasteiger partial charge in [-0.2, -0.15) is 0 Å². The molecular weight excluding hydrogens is 288 g/mol. The molecule has 0 spiro atoms. The first kappa shape index (κ1) is 15.7. The first-order chi connectivity index (χ1) is 9.86. The topological polar surface area (TPSA) is 61.2 Å². The summed E-state index contributed by atoms with van der Waals surface area (Å²) in [6, 6.07) is -0.678. The number of aryl methyl sites for hydroxylation is 2. The number of hydrogen-bond acceptors (Lipinski definition) is 5. The van der Waals surface area contributed by atoms with Crippen LogP contribution in [0.4, 0.5) is 0 Å². The predicted octanol–water partition coefficient (Wildman–Crippen LogP) is 2.98. The van der Waals surface area contributed by atoms with E-state index in [4.69, 9.17) is 4.74 Å². The molecule has 0 saturated heterocycles. The van der Waals surface area contributed by atoms with Crippen LogP contribution in [-0.4, -0.2) is 21.6 Å². The predicted molar refractivity (Wildman–Crippen MR) is 83.9 cm³/mol. The van der Waals surface area contributed by atoms with Gasteiger partial charge in [0, 0.05) is 4.88 Å². The Bertz CT molecular complexity index is 732. The maximum absolute atomic E-state index is 12.6. The lowest BCUT2D eigenvalue weighted by atomic mass is 10.2. The van der Waals surface area contributed by atoms with Gasteiger partial charge in [-0.3, -0.25) is 9.36 Å². The second kappa shape index (κ2) is 5.97. The highest BCUT2D eigenvalue weighted by Crippen LogP contribution is 2.26. The average Bonchev–Trinajstić information content (AvgIpc) is 2.74. The summed E-state index contributed by atoms with van der Waals surface area (Å²) in [6.07, 6.45) is 2.02. The minimum atomic E-state index is -0.678. The maximum Gasteiger partial charge on any atom is 0.329 e. The fraction of sp³-hybridized carbons (Fsp3) is 0.533. The summed E-state index contributed by atoms with van der Waals surface area (Å²) in [4.78, 5) is 30.8. The third-order valence-electron chi connectivity index (χ3n) is 3.77. The van der Waals surface area contributed by atoms with E-state index in [1.54, 1.807) is 6.92 Å². The minimum Gasteiger partial charge on any atom is -0.461 e. The number of aromatic nitrogens is 2. The van der Waals surface area contributed by atoms with E-state index in [0.29, 0.717) is 10.2 Å². The van der Waals surface area contributed by atoms with Crippen LogP contribution in [0.1, 0.15) is 43.7 Å². The molecule has 0 aromatic carbocycles. The van der Waals surface area contributed by atoms with E-state index in [1.165, 1.54) is 22.2 Å². The normalized spacial score (nSPS) is 14.1. The second-order valence-electron chi connectivity index (χ2n) is 5.25. The summed E-state index contributed by atoms with van der Waals surface area (Å²) in [5.41, 5.74) is 0.750. The van der Waals surface area contributed by atoms with Crippen molar-refractivity contribution in [3.63, 3.8) is 0 Å². The lowest BCUT2D eigenvalue weighted by Crippen LogP contribution is -2.31. The Morgan fingerprint density at radius 2 is 2.10 bits per heavy atom. The van der Waals surface area contributed by atoms with Gasteiger partial charge in [0.15, 0.2) is 0 Å². The molecule has 0 unspecified atom stereocenters. The Balaban J connectivity index is 2.43. The van der Waals surface area contributed by atoms with Crippen molar-refractivity contribution in [3.05, 3.63) is 27.1 Å². The number of rotatable bonds is 4. The van der Waals surface area contributed by atoms with Crippen molar-refractivity contribution in [3.8, 4) is 0 Å². The number of esters is 1. The lowest BCUT2D eigenvalue weighted by Gasteiger charge is -2.17. The average molecular weight is 308 g/mol. The lowest BCUT2D eigenvalue weighted by molar-refractivity contribution is -0.152. The molecule has 0 radical (unpaired) electrons. The summed E-state index contributed by atoms with van der Waals surface area (Å²) in [5.74, 6) is -0.405. The molecule has 0 fully saturated rings. The van der Waals surface area contributed by atoms with Crippen LogP contribution in [0.25, 0.3) is 10.2 Å². The van der Waals surface area contributed by atoms with Gasteiger partial charge in [0.1, 0.15) is 10.9 Å². The van der Waals surface area contributed by atoms with Crippen LogP contribution in [-0.2, 0) is 9.53 Å². The molecule has 0 aliphatic rings. The van der Waals surface area contributed by atoms with Crippen molar-refractivity contribution in [2.45, 2.75) is 53.2 Å². The summed E-state index contributed by atoms with van der Waals surface area (Å²) in [7, 11) is 0. The van der Waals surface area contributed by atoms with Gasteiger partial charge in [0.25, 0.3) is 5.56 Å². The Morgan fingerprint density at radius 3 is 2.71 bits per heavy atom. The number of thiophene rings is 1. The molecule has 6 heteroatoms. The summed E-state index contributed by atoms with van der Waals surface area (Å²) in [5, 5.41) is 0.600. The second-order valence-corrected chi connectivity index (χ2v) is 6.46. The number of hydrogen-bond donors (Lipinski definition) is 0. The highest BCUT2D eigenvalue weighted by Gasteiger charge is 2.22. The third kappa shape index (κ3) is 2.85. The SMILES string of the molecule is CC[C@@H](C)OC(=O)[C@@H](C)n1cnc2sc(C)c(C)c2c1=O. The van der Waals surface area contributed by atoms with E-state index in [1.807, 2.05) is 27.7 Å². The van der Waals surface area contributed by atoms with Gasteiger partial charge in [-0.1, -0.05) is 6.92 Å². The first-order valence-corrected chi connectivity index (χ1v) is 7.85. The largest absolute Gasteiger partial charge is 0.461 e. The fourth-order valence-corrected chi connectivity index (χ4v) is 3.00. The molecule has 0 N–H and O–H groups in total. The van der Waals surface area contributed by atoms with E-state index >= 15 is 0 Å². The Morgan fingerprint density at radius 1 is 1.43 bits per heavy atom. The van der Waals surface area contributed by atoms with E-state index in [2.05, 4.69) is 4.98 Å². The van der Waals surface area contributed by atoms with Crippen molar-refractivity contribution >= 4 is 27.5 Å². The number of carbonyl (C=O) groups is 1. The number of nitrogens with zero attached hydrogens (tertiary/aromatic N) is 2. The first-order valence-electron chi connectivity index (χ1n) is 7.04. The fourth-order valence-electron chi connectivity index (χ4n) is 2.02. The Kier molecular flexibility index (Phi) is 4.46. The van der Waals surface area contributed by atoms with Crippen LogP contribution in [0.2, 0.25) is 0 Å². The summed E-state index contributed by atoms with van der Waals surface area (Å²) >= 11 is 1.50. The van der Waals surface area contributed by atoms with E-state index in [9.17, 15) is 9.59 Å². The van der Waals surface area contributed by atoms with Gasteiger partial charge in [-0.15, -0.1) is 11.3 Å². The molecule has 2 aromatic heterocycles. The molecule has 2 aromatic rings. The maximum atomic E-state index is 12.6. The van der Waals surface area contributed by atoms with E-state index < -0.39 is 12.0 Å². The van der Waals surface area contributed by atoms with Crippen molar-refractivity contribution < 1.29 is 9.53 Å². The molecule has 0 aliphatic carbocycles. The van der Waals surface area contributed by atoms with Crippen LogP contribution in [0.5, 0.6) is 0 Å². The smallest absolute Gasteiger partial charge is 0.329 e. The monoisotopic (exact) mass is 308 g/mol. The molecule has 2 atom stereocenters. The zero-order valence-electron chi connectivity index (χ0n) is 13.0. The molecule has 0 bridgehead atoms. The van der Waals surface area contributed by atoms with Crippen molar-refractivity contribution in [2.75, 3.05) is 0 Å².